The van der Waals surface area contributed by atoms with Crippen molar-refractivity contribution in [2.24, 2.45) is 5.41 Å². The Balaban J connectivity index is 1.62. The minimum atomic E-state index is -0.912. The van der Waals surface area contributed by atoms with E-state index in [9.17, 15) is 14.3 Å². The zero-order chi connectivity index (χ0) is 21.3. The van der Waals surface area contributed by atoms with Gasteiger partial charge in [-0.05, 0) is 83.4 Å². The van der Waals surface area contributed by atoms with Crippen molar-refractivity contribution in [1.29, 1.82) is 0 Å². The Morgan fingerprint density at radius 3 is 2.60 bits per heavy atom. The van der Waals surface area contributed by atoms with Gasteiger partial charge in [0.05, 0.1) is 11.6 Å². The summed E-state index contributed by atoms with van der Waals surface area (Å²) in [7, 11) is 0. The van der Waals surface area contributed by atoms with E-state index in [2.05, 4.69) is 30.0 Å². The Bertz CT molecular complexity index is 1080. The lowest BCUT2D eigenvalue weighted by Gasteiger charge is -2.42. The van der Waals surface area contributed by atoms with Crippen LogP contribution in [-0.4, -0.2) is 11.1 Å². The molecule has 1 heterocycles. The highest BCUT2D eigenvalue weighted by atomic mass is 32.2. The first-order valence-electron chi connectivity index (χ1n) is 9.73. The van der Waals surface area contributed by atoms with Gasteiger partial charge < -0.3 is 15.1 Å². The van der Waals surface area contributed by atoms with Gasteiger partial charge in [-0.1, -0.05) is 32.0 Å². The molecule has 0 aliphatic carbocycles. The first-order chi connectivity index (χ1) is 14.3. The van der Waals surface area contributed by atoms with Crippen LogP contribution in [0.5, 0.6) is 0 Å². The zero-order valence-electron chi connectivity index (χ0n) is 16.8. The third-order valence-corrected chi connectivity index (χ3v) is 6.27. The van der Waals surface area contributed by atoms with Crippen LogP contribution in [0.15, 0.2) is 71.6 Å². The van der Waals surface area contributed by atoms with Gasteiger partial charge in [0.2, 0.25) is 0 Å². The standard InChI is InChI=1S/C24H23FN2O2S/c1-24(2)14-16-13-15(23(28)29)7-12-20(16)26-22(24)19-5-3-4-6-21(19)27-30-18-10-8-17(25)9-11-18/h3-13,22,26-27H,14H2,1-2H3,(H,28,29). The van der Waals surface area contributed by atoms with Gasteiger partial charge in [-0.3, -0.25) is 0 Å². The maximum atomic E-state index is 13.2. The lowest BCUT2D eigenvalue weighted by atomic mass is 9.72. The fourth-order valence-electron chi connectivity index (χ4n) is 3.91. The second kappa shape index (κ2) is 8.03. The number of carboxylic acids is 1. The molecular formula is C24H23FN2O2S. The number of carboxylic acid groups (broad SMARTS) is 1. The molecule has 0 saturated carbocycles. The van der Waals surface area contributed by atoms with Crippen molar-refractivity contribution in [3.8, 4) is 0 Å². The maximum Gasteiger partial charge on any atom is 0.335 e. The van der Waals surface area contributed by atoms with Gasteiger partial charge in [-0.25, -0.2) is 9.18 Å². The van der Waals surface area contributed by atoms with E-state index < -0.39 is 5.97 Å². The van der Waals surface area contributed by atoms with Crippen LogP contribution in [-0.2, 0) is 6.42 Å². The quantitative estimate of drug-likeness (QED) is 0.417. The van der Waals surface area contributed by atoms with E-state index in [-0.39, 0.29) is 17.3 Å². The van der Waals surface area contributed by atoms with E-state index in [1.54, 1.807) is 24.3 Å². The predicted octanol–water partition coefficient (Wildman–Crippen LogP) is 6.38. The van der Waals surface area contributed by atoms with Gasteiger partial charge in [0.25, 0.3) is 0 Å². The summed E-state index contributed by atoms with van der Waals surface area (Å²) < 4.78 is 16.6. The second-order valence-corrected chi connectivity index (χ2v) is 9.04. The highest BCUT2D eigenvalue weighted by Crippen LogP contribution is 2.47. The second-order valence-electron chi connectivity index (χ2n) is 8.17. The molecule has 4 rings (SSSR count). The van der Waals surface area contributed by atoms with E-state index in [0.717, 1.165) is 33.8 Å². The predicted molar refractivity (Wildman–Crippen MR) is 120 cm³/mol. The topological polar surface area (TPSA) is 61.4 Å². The maximum absolute atomic E-state index is 13.2. The molecule has 1 aliphatic rings. The molecule has 3 aromatic rings. The molecule has 0 fully saturated rings. The number of hydrogen-bond acceptors (Lipinski definition) is 4. The van der Waals surface area contributed by atoms with Crippen LogP contribution >= 0.6 is 11.9 Å². The molecule has 3 aromatic carbocycles. The molecule has 0 bridgehead atoms. The van der Waals surface area contributed by atoms with Gasteiger partial charge in [-0.2, -0.15) is 0 Å². The van der Waals surface area contributed by atoms with Gasteiger partial charge in [-0.15, -0.1) is 0 Å². The minimum Gasteiger partial charge on any atom is -0.478 e. The summed E-state index contributed by atoms with van der Waals surface area (Å²) in [5, 5.41) is 12.9. The summed E-state index contributed by atoms with van der Waals surface area (Å²) in [5.74, 6) is -1.16. The van der Waals surface area contributed by atoms with Crippen molar-refractivity contribution >= 4 is 29.3 Å². The molecule has 0 spiro atoms. The third-order valence-electron chi connectivity index (χ3n) is 5.44. The Labute approximate surface area is 179 Å². The van der Waals surface area contributed by atoms with E-state index >= 15 is 0 Å². The van der Waals surface area contributed by atoms with Crippen LogP contribution in [0, 0.1) is 11.2 Å². The molecule has 1 atom stereocenters. The van der Waals surface area contributed by atoms with Crippen molar-refractivity contribution in [2.45, 2.75) is 31.2 Å². The fraction of sp³-hybridized carbons (Fsp3) is 0.208. The van der Waals surface area contributed by atoms with E-state index in [1.165, 1.54) is 24.1 Å². The molecule has 0 amide bonds. The number of nitrogens with one attached hydrogen (secondary N) is 2. The van der Waals surface area contributed by atoms with Crippen LogP contribution in [0.4, 0.5) is 15.8 Å². The number of rotatable bonds is 5. The van der Waals surface area contributed by atoms with E-state index in [1.807, 2.05) is 24.3 Å². The van der Waals surface area contributed by atoms with E-state index in [4.69, 9.17) is 0 Å². The lowest BCUT2D eigenvalue weighted by molar-refractivity contribution is 0.0696. The Hall–Kier alpha value is -2.99. The number of halogens is 1. The summed E-state index contributed by atoms with van der Waals surface area (Å²) in [6, 6.07) is 19.8. The van der Waals surface area contributed by atoms with Crippen LogP contribution in [0.3, 0.4) is 0 Å². The summed E-state index contributed by atoms with van der Waals surface area (Å²) in [5.41, 5.74) is 4.27. The minimum absolute atomic E-state index is 0.0400. The largest absolute Gasteiger partial charge is 0.478 e. The van der Waals surface area contributed by atoms with Crippen LogP contribution in [0.25, 0.3) is 0 Å². The Morgan fingerprint density at radius 1 is 1.13 bits per heavy atom. The van der Waals surface area contributed by atoms with Crippen LogP contribution < -0.4 is 10.0 Å². The highest BCUT2D eigenvalue weighted by molar-refractivity contribution is 8.00. The summed E-state index contributed by atoms with van der Waals surface area (Å²) in [6.07, 6.45) is 0.764. The molecular weight excluding hydrogens is 399 g/mol. The highest BCUT2D eigenvalue weighted by Gasteiger charge is 2.37. The summed E-state index contributed by atoms with van der Waals surface area (Å²) in [6.45, 7) is 4.37. The number of fused-ring (bicyclic) bond motifs is 1. The summed E-state index contributed by atoms with van der Waals surface area (Å²) >= 11 is 1.44. The Kier molecular flexibility index (Phi) is 5.43. The van der Waals surface area contributed by atoms with Gasteiger partial charge in [0.1, 0.15) is 5.82 Å². The summed E-state index contributed by atoms with van der Waals surface area (Å²) in [4.78, 5) is 12.3. The first kappa shape index (κ1) is 20.3. The lowest BCUT2D eigenvalue weighted by Crippen LogP contribution is -2.35. The molecule has 4 nitrogen and oxygen atoms in total. The van der Waals surface area contributed by atoms with Crippen molar-refractivity contribution in [2.75, 3.05) is 10.0 Å². The molecule has 154 valence electrons. The van der Waals surface area contributed by atoms with Gasteiger partial charge in [0, 0.05) is 16.3 Å². The van der Waals surface area contributed by atoms with Crippen molar-refractivity contribution in [3.63, 3.8) is 0 Å². The smallest absolute Gasteiger partial charge is 0.335 e. The number of carbonyl (C=O) groups is 1. The molecule has 0 aromatic heterocycles. The van der Waals surface area contributed by atoms with Gasteiger partial charge in [0.15, 0.2) is 0 Å². The van der Waals surface area contributed by atoms with Gasteiger partial charge >= 0.3 is 5.97 Å². The third kappa shape index (κ3) is 4.14. The fourth-order valence-corrected chi connectivity index (χ4v) is 4.60. The number of benzene rings is 3. The normalized spacial score (nSPS) is 17.0. The average Bonchev–Trinajstić information content (AvgIpc) is 2.72. The first-order valence-corrected chi connectivity index (χ1v) is 10.6. The number of aromatic carboxylic acids is 1. The molecule has 1 unspecified atom stereocenters. The molecule has 3 N–H and O–H groups in total. The molecule has 6 heteroatoms. The zero-order valence-corrected chi connectivity index (χ0v) is 17.6. The molecule has 1 aliphatic heterocycles. The average molecular weight is 423 g/mol. The SMILES string of the molecule is CC1(C)Cc2cc(C(=O)O)ccc2NC1c1ccccc1NSc1ccc(F)cc1. The molecule has 30 heavy (non-hydrogen) atoms. The van der Waals surface area contributed by atoms with E-state index in [0.29, 0.717) is 5.56 Å². The number of hydrogen-bond donors (Lipinski definition) is 3. The number of anilines is 2. The van der Waals surface area contributed by atoms with Crippen molar-refractivity contribution in [3.05, 3.63) is 89.2 Å². The molecule has 0 saturated heterocycles. The monoisotopic (exact) mass is 422 g/mol. The Morgan fingerprint density at radius 2 is 1.87 bits per heavy atom. The number of para-hydroxylation sites is 1. The van der Waals surface area contributed by atoms with Crippen LogP contribution in [0.1, 0.15) is 41.4 Å². The van der Waals surface area contributed by atoms with Crippen LogP contribution in [0.2, 0.25) is 0 Å². The molecule has 0 radical (unpaired) electrons. The van der Waals surface area contributed by atoms with Crippen molar-refractivity contribution in [1.82, 2.24) is 0 Å². The van der Waals surface area contributed by atoms with Crippen molar-refractivity contribution < 1.29 is 14.3 Å².